The summed E-state index contributed by atoms with van der Waals surface area (Å²) in [6, 6.07) is 0.251. The second-order valence-corrected chi connectivity index (χ2v) is 4.01. The van der Waals surface area contributed by atoms with Gasteiger partial charge < -0.3 is 15.4 Å². The number of carbonyl (C=O) groups is 1. The molecule has 1 aliphatic rings. The molecule has 0 spiro atoms. The van der Waals surface area contributed by atoms with Crippen LogP contribution >= 0.6 is 0 Å². The highest BCUT2D eigenvalue weighted by atomic mass is 16.5. The van der Waals surface area contributed by atoms with Crippen molar-refractivity contribution >= 4 is 5.91 Å². The summed E-state index contributed by atoms with van der Waals surface area (Å²) < 4.78 is 4.88. The highest BCUT2D eigenvalue weighted by molar-refractivity contribution is 5.76. The van der Waals surface area contributed by atoms with Crippen LogP contribution in [0.5, 0.6) is 0 Å². The first-order valence-corrected chi connectivity index (χ1v) is 5.17. The lowest BCUT2D eigenvalue weighted by Gasteiger charge is -2.35. The first-order valence-electron chi connectivity index (χ1n) is 5.17. The fourth-order valence-electron chi connectivity index (χ4n) is 1.74. The number of rotatable bonds is 3. The summed E-state index contributed by atoms with van der Waals surface area (Å²) in [7, 11) is 1.61. The van der Waals surface area contributed by atoms with Gasteiger partial charge in [-0.3, -0.25) is 4.79 Å². The van der Waals surface area contributed by atoms with E-state index in [-0.39, 0.29) is 11.9 Å². The second-order valence-electron chi connectivity index (χ2n) is 4.01. The number of nitrogens with zero attached hydrogens (tertiary/aromatic N) is 1. The smallest absolute Gasteiger partial charge is 0.224 e. The van der Waals surface area contributed by atoms with E-state index in [1.54, 1.807) is 7.11 Å². The summed E-state index contributed by atoms with van der Waals surface area (Å²) in [6.07, 6.45) is 1.40. The van der Waals surface area contributed by atoms with Crippen LogP contribution in [0.4, 0.5) is 0 Å². The average Bonchev–Trinajstić information content (AvgIpc) is 2.18. The standard InChI is InChI=1S/C10H20N2O2/c1-8-7-12(5-3-9(8)11)10(13)4-6-14-2/h8-9H,3-7,11H2,1-2H3. The largest absolute Gasteiger partial charge is 0.384 e. The van der Waals surface area contributed by atoms with Gasteiger partial charge >= 0.3 is 0 Å². The molecule has 1 saturated heterocycles. The van der Waals surface area contributed by atoms with Gasteiger partial charge in [-0.05, 0) is 12.3 Å². The molecule has 1 fully saturated rings. The van der Waals surface area contributed by atoms with Crippen LogP contribution in [-0.2, 0) is 9.53 Å². The van der Waals surface area contributed by atoms with Crippen molar-refractivity contribution in [1.29, 1.82) is 0 Å². The Kier molecular flexibility index (Phi) is 4.35. The Bertz CT molecular complexity index is 197. The van der Waals surface area contributed by atoms with Gasteiger partial charge in [0.1, 0.15) is 0 Å². The molecule has 0 bridgehead atoms. The van der Waals surface area contributed by atoms with Gasteiger partial charge in [0.25, 0.3) is 0 Å². The van der Waals surface area contributed by atoms with E-state index in [1.165, 1.54) is 0 Å². The predicted molar refractivity (Wildman–Crippen MR) is 54.8 cm³/mol. The maximum Gasteiger partial charge on any atom is 0.224 e. The molecule has 2 N–H and O–H groups in total. The van der Waals surface area contributed by atoms with Gasteiger partial charge in [0.05, 0.1) is 13.0 Å². The van der Waals surface area contributed by atoms with Crippen LogP contribution in [0.2, 0.25) is 0 Å². The maximum atomic E-state index is 11.6. The van der Waals surface area contributed by atoms with Gasteiger partial charge in [0, 0.05) is 26.2 Å². The van der Waals surface area contributed by atoms with Crippen molar-refractivity contribution in [2.24, 2.45) is 11.7 Å². The number of amides is 1. The Hall–Kier alpha value is -0.610. The molecule has 0 radical (unpaired) electrons. The van der Waals surface area contributed by atoms with Gasteiger partial charge in [0.15, 0.2) is 0 Å². The first-order chi connectivity index (χ1) is 6.65. The SMILES string of the molecule is COCCC(=O)N1CCC(N)C(C)C1. The molecule has 0 aliphatic carbocycles. The molecule has 1 rings (SSSR count). The third kappa shape index (κ3) is 2.96. The van der Waals surface area contributed by atoms with Crippen molar-refractivity contribution in [3.05, 3.63) is 0 Å². The lowest BCUT2D eigenvalue weighted by Crippen LogP contribution is -2.48. The van der Waals surface area contributed by atoms with Crippen LogP contribution in [-0.4, -0.2) is 43.7 Å². The molecule has 82 valence electrons. The molecule has 0 aromatic carbocycles. The second kappa shape index (κ2) is 5.32. The number of piperidine rings is 1. The molecule has 2 unspecified atom stereocenters. The molecule has 0 saturated carbocycles. The van der Waals surface area contributed by atoms with Crippen LogP contribution < -0.4 is 5.73 Å². The van der Waals surface area contributed by atoms with Crippen molar-refractivity contribution in [3.8, 4) is 0 Å². The molecule has 1 aliphatic heterocycles. The molecule has 2 atom stereocenters. The van der Waals surface area contributed by atoms with E-state index in [4.69, 9.17) is 10.5 Å². The average molecular weight is 200 g/mol. The van der Waals surface area contributed by atoms with Crippen molar-refractivity contribution in [3.63, 3.8) is 0 Å². The van der Waals surface area contributed by atoms with Crippen LogP contribution in [0.15, 0.2) is 0 Å². The topological polar surface area (TPSA) is 55.6 Å². The summed E-state index contributed by atoms with van der Waals surface area (Å²) in [5, 5.41) is 0. The summed E-state index contributed by atoms with van der Waals surface area (Å²) in [4.78, 5) is 13.5. The van der Waals surface area contributed by atoms with Gasteiger partial charge in [0.2, 0.25) is 5.91 Å². The Morgan fingerprint density at radius 2 is 2.36 bits per heavy atom. The number of methoxy groups -OCH3 is 1. The number of hydrogen-bond acceptors (Lipinski definition) is 3. The molecule has 4 heteroatoms. The lowest BCUT2D eigenvalue weighted by atomic mass is 9.95. The normalized spacial score (nSPS) is 27.8. The van der Waals surface area contributed by atoms with E-state index in [1.807, 2.05) is 4.90 Å². The minimum atomic E-state index is 0.186. The first kappa shape index (κ1) is 11.5. The molecule has 4 nitrogen and oxygen atoms in total. The van der Waals surface area contributed by atoms with Gasteiger partial charge in [-0.25, -0.2) is 0 Å². The Labute approximate surface area is 85.4 Å². The zero-order valence-corrected chi connectivity index (χ0v) is 9.03. The zero-order chi connectivity index (χ0) is 10.6. The minimum absolute atomic E-state index is 0.186. The van der Waals surface area contributed by atoms with E-state index in [9.17, 15) is 4.79 Å². The van der Waals surface area contributed by atoms with E-state index >= 15 is 0 Å². The molecular weight excluding hydrogens is 180 g/mol. The third-order valence-corrected chi connectivity index (χ3v) is 2.84. The summed E-state index contributed by atoms with van der Waals surface area (Å²) in [5.74, 6) is 0.598. The fraction of sp³-hybridized carbons (Fsp3) is 0.900. The van der Waals surface area contributed by atoms with Gasteiger partial charge in [-0.15, -0.1) is 0 Å². The van der Waals surface area contributed by atoms with E-state index in [2.05, 4.69) is 6.92 Å². The van der Waals surface area contributed by atoms with Crippen molar-refractivity contribution in [2.45, 2.75) is 25.8 Å². The quantitative estimate of drug-likeness (QED) is 0.709. The Morgan fingerprint density at radius 1 is 1.64 bits per heavy atom. The number of ether oxygens (including phenoxy) is 1. The van der Waals surface area contributed by atoms with Crippen LogP contribution in [0.3, 0.4) is 0 Å². The summed E-state index contributed by atoms with van der Waals surface area (Å²) in [6.45, 7) is 4.20. The zero-order valence-electron chi connectivity index (χ0n) is 9.03. The highest BCUT2D eigenvalue weighted by Gasteiger charge is 2.25. The van der Waals surface area contributed by atoms with Crippen LogP contribution in [0.1, 0.15) is 19.8 Å². The van der Waals surface area contributed by atoms with Crippen molar-refractivity contribution in [2.75, 3.05) is 26.8 Å². The van der Waals surface area contributed by atoms with Crippen LogP contribution in [0, 0.1) is 5.92 Å². The molecule has 14 heavy (non-hydrogen) atoms. The number of carbonyl (C=O) groups excluding carboxylic acids is 1. The van der Waals surface area contributed by atoms with Crippen molar-refractivity contribution < 1.29 is 9.53 Å². The van der Waals surface area contributed by atoms with Crippen molar-refractivity contribution in [1.82, 2.24) is 4.90 Å². The van der Waals surface area contributed by atoms with E-state index < -0.39 is 0 Å². The van der Waals surface area contributed by atoms with E-state index in [0.717, 1.165) is 19.5 Å². The maximum absolute atomic E-state index is 11.6. The molecule has 1 amide bonds. The molecular formula is C10H20N2O2. The van der Waals surface area contributed by atoms with Crippen LogP contribution in [0.25, 0.3) is 0 Å². The molecule has 0 aromatic heterocycles. The molecule has 1 heterocycles. The molecule has 0 aromatic rings. The number of likely N-dealkylation sites (tertiary alicyclic amines) is 1. The minimum Gasteiger partial charge on any atom is -0.384 e. The predicted octanol–water partition coefficient (Wildman–Crippen LogP) is 0.219. The number of nitrogens with two attached hydrogens (primary N) is 1. The summed E-state index contributed by atoms with van der Waals surface area (Å²) in [5.41, 5.74) is 5.88. The van der Waals surface area contributed by atoms with E-state index in [0.29, 0.717) is 18.9 Å². The number of hydrogen-bond donors (Lipinski definition) is 1. The van der Waals surface area contributed by atoms with Gasteiger partial charge in [-0.1, -0.05) is 6.92 Å². The Balaban J connectivity index is 2.34. The third-order valence-electron chi connectivity index (χ3n) is 2.84. The van der Waals surface area contributed by atoms with Gasteiger partial charge in [-0.2, -0.15) is 0 Å². The Morgan fingerprint density at radius 3 is 2.93 bits per heavy atom. The highest BCUT2D eigenvalue weighted by Crippen LogP contribution is 2.15. The lowest BCUT2D eigenvalue weighted by molar-refractivity contribution is -0.134. The fourth-order valence-corrected chi connectivity index (χ4v) is 1.74. The monoisotopic (exact) mass is 200 g/mol. The summed E-state index contributed by atoms with van der Waals surface area (Å²) >= 11 is 0.